The van der Waals surface area contributed by atoms with Gasteiger partial charge >= 0.3 is 0 Å². The van der Waals surface area contributed by atoms with Gasteiger partial charge in [0.15, 0.2) is 0 Å². The van der Waals surface area contributed by atoms with E-state index >= 15 is 0 Å². The molecule has 0 bridgehead atoms. The zero-order valence-electron chi connectivity index (χ0n) is 10.4. The monoisotopic (exact) mass is 214 g/mol. The van der Waals surface area contributed by atoms with Crippen LogP contribution in [0.5, 0.6) is 0 Å². The minimum atomic E-state index is -0.167. The number of rotatable bonds is 5. The molecule has 0 spiro atoms. The molecule has 0 saturated carbocycles. The molecule has 1 saturated heterocycles. The molecule has 2 unspecified atom stereocenters. The van der Waals surface area contributed by atoms with Crippen molar-refractivity contribution in [3.63, 3.8) is 0 Å². The normalized spacial score (nSPS) is 25.8. The lowest BCUT2D eigenvalue weighted by Gasteiger charge is -2.37. The molecule has 0 aromatic carbocycles. The SMILES string of the molecule is CC(C)CC1CNCCN1CCC(C)O. The third-order valence-corrected chi connectivity index (χ3v) is 3.05. The number of aliphatic hydroxyl groups is 1. The van der Waals surface area contributed by atoms with Gasteiger partial charge < -0.3 is 10.4 Å². The maximum absolute atomic E-state index is 9.31. The fraction of sp³-hybridized carbons (Fsp3) is 1.00. The van der Waals surface area contributed by atoms with Gasteiger partial charge in [-0.05, 0) is 25.7 Å². The third kappa shape index (κ3) is 4.96. The maximum Gasteiger partial charge on any atom is 0.0524 e. The van der Waals surface area contributed by atoms with E-state index in [1.807, 2.05) is 6.92 Å². The lowest BCUT2D eigenvalue weighted by molar-refractivity contribution is 0.108. The Bertz CT molecular complexity index is 171. The molecule has 1 rings (SSSR count). The number of hydrogen-bond acceptors (Lipinski definition) is 3. The highest BCUT2D eigenvalue weighted by molar-refractivity contribution is 4.80. The first-order chi connectivity index (χ1) is 7.09. The van der Waals surface area contributed by atoms with Crippen LogP contribution in [0.25, 0.3) is 0 Å². The van der Waals surface area contributed by atoms with Crippen LogP contribution in [0.3, 0.4) is 0 Å². The molecule has 0 radical (unpaired) electrons. The first-order valence-electron chi connectivity index (χ1n) is 6.22. The number of nitrogens with zero attached hydrogens (tertiary/aromatic N) is 1. The predicted octanol–water partition coefficient (Wildman–Crippen LogP) is 1.08. The summed E-state index contributed by atoms with van der Waals surface area (Å²) >= 11 is 0. The summed E-state index contributed by atoms with van der Waals surface area (Å²) in [6, 6.07) is 0.664. The number of nitrogens with one attached hydrogen (secondary N) is 1. The van der Waals surface area contributed by atoms with Crippen LogP contribution in [0.15, 0.2) is 0 Å². The van der Waals surface area contributed by atoms with E-state index in [2.05, 4.69) is 24.1 Å². The minimum absolute atomic E-state index is 0.167. The topological polar surface area (TPSA) is 35.5 Å². The molecule has 15 heavy (non-hydrogen) atoms. The van der Waals surface area contributed by atoms with E-state index in [1.54, 1.807) is 0 Å². The van der Waals surface area contributed by atoms with Gasteiger partial charge in [0.1, 0.15) is 0 Å². The Balaban J connectivity index is 2.35. The smallest absolute Gasteiger partial charge is 0.0524 e. The molecular weight excluding hydrogens is 188 g/mol. The summed E-state index contributed by atoms with van der Waals surface area (Å²) < 4.78 is 0. The zero-order valence-corrected chi connectivity index (χ0v) is 10.4. The van der Waals surface area contributed by atoms with Gasteiger partial charge in [0.25, 0.3) is 0 Å². The Morgan fingerprint density at radius 3 is 2.73 bits per heavy atom. The fourth-order valence-electron chi connectivity index (χ4n) is 2.23. The van der Waals surface area contributed by atoms with Crippen LogP contribution >= 0.6 is 0 Å². The van der Waals surface area contributed by atoms with Gasteiger partial charge in [0.05, 0.1) is 6.10 Å². The summed E-state index contributed by atoms with van der Waals surface area (Å²) in [6.45, 7) is 10.8. The molecule has 0 amide bonds. The van der Waals surface area contributed by atoms with Gasteiger partial charge in [0.2, 0.25) is 0 Å². The fourth-order valence-corrected chi connectivity index (χ4v) is 2.23. The lowest BCUT2D eigenvalue weighted by atomic mass is 10.0. The van der Waals surface area contributed by atoms with Gasteiger partial charge in [-0.3, -0.25) is 4.90 Å². The Labute approximate surface area is 93.9 Å². The minimum Gasteiger partial charge on any atom is -0.393 e. The van der Waals surface area contributed by atoms with Crippen LogP contribution in [-0.4, -0.2) is 48.3 Å². The van der Waals surface area contributed by atoms with Gasteiger partial charge in [-0.15, -0.1) is 0 Å². The van der Waals surface area contributed by atoms with Crippen molar-refractivity contribution in [3.8, 4) is 0 Å². The van der Waals surface area contributed by atoms with E-state index < -0.39 is 0 Å². The molecule has 3 nitrogen and oxygen atoms in total. The van der Waals surface area contributed by atoms with Crippen LogP contribution in [0.1, 0.15) is 33.6 Å². The standard InChI is InChI=1S/C12H26N2O/c1-10(2)8-12-9-13-5-7-14(12)6-4-11(3)15/h10-13,15H,4-9H2,1-3H3. The number of piperazine rings is 1. The molecule has 0 aliphatic carbocycles. The van der Waals surface area contributed by atoms with E-state index in [9.17, 15) is 5.11 Å². The van der Waals surface area contributed by atoms with E-state index in [1.165, 1.54) is 6.42 Å². The van der Waals surface area contributed by atoms with Crippen LogP contribution in [0.2, 0.25) is 0 Å². The first kappa shape index (κ1) is 12.9. The summed E-state index contributed by atoms with van der Waals surface area (Å²) in [4.78, 5) is 2.53. The first-order valence-corrected chi connectivity index (χ1v) is 6.22. The molecule has 0 aromatic rings. The molecule has 90 valence electrons. The van der Waals surface area contributed by atoms with Gasteiger partial charge in [0, 0.05) is 32.2 Å². The van der Waals surface area contributed by atoms with E-state index in [0.29, 0.717) is 6.04 Å². The molecule has 1 aliphatic rings. The van der Waals surface area contributed by atoms with Crippen LogP contribution < -0.4 is 5.32 Å². The largest absolute Gasteiger partial charge is 0.393 e. The molecule has 1 aliphatic heterocycles. The Morgan fingerprint density at radius 2 is 2.13 bits per heavy atom. The van der Waals surface area contributed by atoms with Crippen molar-refractivity contribution < 1.29 is 5.11 Å². The quantitative estimate of drug-likeness (QED) is 0.719. The van der Waals surface area contributed by atoms with Gasteiger partial charge in [-0.2, -0.15) is 0 Å². The van der Waals surface area contributed by atoms with E-state index in [4.69, 9.17) is 0 Å². The average Bonchev–Trinajstić information content (AvgIpc) is 2.15. The van der Waals surface area contributed by atoms with Crippen LogP contribution in [0, 0.1) is 5.92 Å². The van der Waals surface area contributed by atoms with Gasteiger partial charge in [-0.1, -0.05) is 13.8 Å². The Morgan fingerprint density at radius 1 is 1.40 bits per heavy atom. The second-order valence-electron chi connectivity index (χ2n) is 5.16. The third-order valence-electron chi connectivity index (χ3n) is 3.05. The van der Waals surface area contributed by atoms with Crippen molar-refractivity contribution in [2.75, 3.05) is 26.2 Å². The van der Waals surface area contributed by atoms with Crippen molar-refractivity contribution in [3.05, 3.63) is 0 Å². The van der Waals surface area contributed by atoms with E-state index in [-0.39, 0.29) is 6.10 Å². The highest BCUT2D eigenvalue weighted by Gasteiger charge is 2.22. The summed E-state index contributed by atoms with van der Waals surface area (Å²) in [5.41, 5.74) is 0. The summed E-state index contributed by atoms with van der Waals surface area (Å²) in [5.74, 6) is 0.754. The van der Waals surface area contributed by atoms with Crippen molar-refractivity contribution in [2.45, 2.75) is 45.8 Å². The zero-order chi connectivity index (χ0) is 11.3. The van der Waals surface area contributed by atoms with Crippen LogP contribution in [-0.2, 0) is 0 Å². The van der Waals surface area contributed by atoms with Crippen molar-refractivity contribution in [1.29, 1.82) is 0 Å². The molecular formula is C12H26N2O. The molecule has 1 fully saturated rings. The number of aliphatic hydroxyl groups excluding tert-OH is 1. The average molecular weight is 214 g/mol. The highest BCUT2D eigenvalue weighted by Crippen LogP contribution is 2.14. The number of hydrogen-bond donors (Lipinski definition) is 2. The van der Waals surface area contributed by atoms with Gasteiger partial charge in [-0.25, -0.2) is 0 Å². The van der Waals surface area contributed by atoms with Crippen LogP contribution in [0.4, 0.5) is 0 Å². The molecule has 3 heteroatoms. The highest BCUT2D eigenvalue weighted by atomic mass is 16.3. The van der Waals surface area contributed by atoms with Crippen molar-refractivity contribution in [1.82, 2.24) is 10.2 Å². The van der Waals surface area contributed by atoms with Crippen molar-refractivity contribution in [2.24, 2.45) is 5.92 Å². The summed E-state index contributed by atoms with van der Waals surface area (Å²) in [5, 5.41) is 12.8. The van der Waals surface area contributed by atoms with Crippen molar-refractivity contribution >= 4 is 0 Å². The molecule has 0 aromatic heterocycles. The summed E-state index contributed by atoms with van der Waals surface area (Å²) in [7, 11) is 0. The Kier molecular flexibility index (Phi) is 5.58. The second kappa shape index (κ2) is 6.46. The lowest BCUT2D eigenvalue weighted by Crippen LogP contribution is -2.52. The molecule has 2 N–H and O–H groups in total. The second-order valence-corrected chi connectivity index (χ2v) is 5.16. The molecule has 2 atom stereocenters. The molecule has 1 heterocycles. The predicted molar refractivity (Wildman–Crippen MR) is 64.0 cm³/mol. The van der Waals surface area contributed by atoms with E-state index in [0.717, 1.165) is 38.5 Å². The maximum atomic E-state index is 9.31. The Hall–Kier alpha value is -0.120. The summed E-state index contributed by atoms with van der Waals surface area (Å²) in [6.07, 6.45) is 1.99.